The van der Waals surface area contributed by atoms with E-state index >= 15 is 0 Å². The second-order valence-electron chi connectivity index (χ2n) is 5.46. The molecule has 1 aliphatic rings. The second kappa shape index (κ2) is 18.4. The molecule has 0 bridgehead atoms. The third-order valence-electron chi connectivity index (χ3n) is 3.31. The Morgan fingerprint density at radius 2 is 1.50 bits per heavy atom. The summed E-state index contributed by atoms with van der Waals surface area (Å²) in [5, 5.41) is 8.66. The Balaban J connectivity index is 0. The van der Waals surface area contributed by atoms with Crippen LogP contribution in [0.4, 0.5) is 0 Å². The monoisotopic (exact) mass is 316 g/mol. The summed E-state index contributed by atoms with van der Waals surface area (Å²) in [4.78, 5) is 16.3. The van der Waals surface area contributed by atoms with E-state index < -0.39 is 0 Å². The summed E-state index contributed by atoms with van der Waals surface area (Å²) in [7, 11) is 0. The van der Waals surface area contributed by atoms with Crippen LogP contribution < -0.4 is 0 Å². The van der Waals surface area contributed by atoms with Gasteiger partial charge in [0.25, 0.3) is 0 Å². The van der Waals surface area contributed by atoms with Crippen molar-refractivity contribution in [1.29, 1.82) is 0 Å². The molecule has 4 nitrogen and oxygen atoms in total. The molecular formula is C18H40N2O2. The number of hydrogen-bond donors (Lipinski definition) is 1. The normalized spacial score (nSPS) is 14.5. The summed E-state index contributed by atoms with van der Waals surface area (Å²) < 4.78 is 0. The van der Waals surface area contributed by atoms with E-state index in [2.05, 4.69) is 25.7 Å². The average molecular weight is 317 g/mol. The van der Waals surface area contributed by atoms with Crippen LogP contribution in [0.2, 0.25) is 0 Å². The molecular weight excluding hydrogens is 276 g/mol. The van der Waals surface area contributed by atoms with Crippen LogP contribution in [-0.4, -0.2) is 60.1 Å². The van der Waals surface area contributed by atoms with Crippen molar-refractivity contribution in [3.63, 3.8) is 0 Å². The number of amides is 1. The predicted octanol–water partition coefficient (Wildman–Crippen LogP) is 3.54. The van der Waals surface area contributed by atoms with Crippen molar-refractivity contribution in [3.05, 3.63) is 0 Å². The van der Waals surface area contributed by atoms with Gasteiger partial charge in [0.15, 0.2) is 0 Å². The van der Waals surface area contributed by atoms with Gasteiger partial charge >= 0.3 is 0 Å². The lowest BCUT2D eigenvalue weighted by atomic mass is 10.1. The molecule has 0 saturated carbocycles. The van der Waals surface area contributed by atoms with E-state index in [1.807, 2.05) is 18.7 Å². The van der Waals surface area contributed by atoms with Crippen LogP contribution in [0.3, 0.4) is 0 Å². The van der Waals surface area contributed by atoms with Crippen molar-refractivity contribution in [2.75, 3.05) is 39.3 Å². The van der Waals surface area contributed by atoms with Gasteiger partial charge in [-0.05, 0) is 25.8 Å². The van der Waals surface area contributed by atoms with Crippen molar-refractivity contribution < 1.29 is 9.90 Å². The zero-order valence-electron chi connectivity index (χ0n) is 15.7. The highest BCUT2D eigenvalue weighted by Gasteiger charge is 2.19. The van der Waals surface area contributed by atoms with Gasteiger partial charge in [-0.2, -0.15) is 0 Å². The van der Waals surface area contributed by atoms with Gasteiger partial charge in [0.05, 0.1) is 0 Å². The largest absolute Gasteiger partial charge is 0.396 e. The van der Waals surface area contributed by atoms with Gasteiger partial charge in [-0.25, -0.2) is 0 Å². The molecule has 0 aromatic rings. The molecule has 1 saturated heterocycles. The molecule has 0 radical (unpaired) electrons. The minimum atomic E-state index is 0.240. The Labute approximate surface area is 138 Å². The van der Waals surface area contributed by atoms with Crippen LogP contribution in [0.5, 0.6) is 0 Å². The molecule has 0 aliphatic carbocycles. The fraction of sp³-hybridized carbons (Fsp3) is 0.944. The van der Waals surface area contributed by atoms with Gasteiger partial charge in [0.2, 0.25) is 5.91 Å². The Morgan fingerprint density at radius 1 is 0.955 bits per heavy atom. The Hall–Kier alpha value is -0.610. The molecule has 1 aliphatic heterocycles. The molecule has 22 heavy (non-hydrogen) atoms. The van der Waals surface area contributed by atoms with Crippen LogP contribution in [0.25, 0.3) is 0 Å². The average Bonchev–Trinajstić information content (AvgIpc) is 2.55. The van der Waals surface area contributed by atoms with E-state index in [1.165, 1.54) is 12.8 Å². The van der Waals surface area contributed by atoms with Crippen molar-refractivity contribution >= 4 is 5.91 Å². The molecule has 134 valence electrons. The molecule has 0 spiro atoms. The highest BCUT2D eigenvalue weighted by molar-refractivity contribution is 5.76. The molecule has 1 fully saturated rings. The zero-order valence-corrected chi connectivity index (χ0v) is 15.7. The van der Waals surface area contributed by atoms with Crippen LogP contribution >= 0.6 is 0 Å². The van der Waals surface area contributed by atoms with Gasteiger partial charge in [0.1, 0.15) is 0 Å². The lowest BCUT2D eigenvalue weighted by Gasteiger charge is -2.34. The first-order chi connectivity index (χ1) is 10.7. The number of unbranched alkanes of at least 4 members (excludes halogenated alkanes) is 2. The molecule has 1 N–H and O–H groups in total. The fourth-order valence-electron chi connectivity index (χ4n) is 2.26. The van der Waals surface area contributed by atoms with E-state index in [4.69, 9.17) is 5.11 Å². The molecule has 1 amide bonds. The Bertz CT molecular complexity index is 227. The lowest BCUT2D eigenvalue weighted by molar-refractivity contribution is -0.133. The number of hydrogen-bond acceptors (Lipinski definition) is 3. The quantitative estimate of drug-likeness (QED) is 0.731. The number of carbonyl (C=O) groups is 1. The predicted molar refractivity (Wildman–Crippen MR) is 96.2 cm³/mol. The van der Waals surface area contributed by atoms with Crippen molar-refractivity contribution in [2.24, 2.45) is 0 Å². The maximum Gasteiger partial charge on any atom is 0.222 e. The topological polar surface area (TPSA) is 43.8 Å². The number of piperazine rings is 1. The number of nitrogens with zero attached hydrogens (tertiary/aromatic N) is 2. The Kier molecular flexibility index (Phi) is 19.8. The molecule has 4 heteroatoms. The fourth-order valence-corrected chi connectivity index (χ4v) is 2.26. The smallest absolute Gasteiger partial charge is 0.222 e. The standard InChI is InChI=1S/C13H26N2O2.C3H8.C2H6/c1-2-7-14-8-10-15(11-9-14)13(17)6-4-3-5-12-16;1-3-2;1-2/h16H,2-12H2,1H3;3H2,1-2H3;1-2H3. The van der Waals surface area contributed by atoms with Crippen molar-refractivity contribution in [3.8, 4) is 0 Å². The van der Waals surface area contributed by atoms with Gasteiger partial charge < -0.3 is 10.0 Å². The van der Waals surface area contributed by atoms with Gasteiger partial charge in [-0.1, -0.05) is 47.5 Å². The molecule has 1 heterocycles. The molecule has 0 aromatic heterocycles. The first kappa shape index (κ1) is 23.7. The van der Waals surface area contributed by atoms with Gasteiger partial charge in [-0.15, -0.1) is 0 Å². The van der Waals surface area contributed by atoms with Crippen LogP contribution in [-0.2, 0) is 4.79 Å². The molecule has 0 aromatic carbocycles. The highest BCUT2D eigenvalue weighted by atomic mass is 16.2. The van der Waals surface area contributed by atoms with Crippen molar-refractivity contribution in [1.82, 2.24) is 9.80 Å². The van der Waals surface area contributed by atoms with E-state index in [9.17, 15) is 4.79 Å². The van der Waals surface area contributed by atoms with Crippen molar-refractivity contribution in [2.45, 2.75) is 73.1 Å². The van der Waals surface area contributed by atoms with Crippen LogP contribution in [0, 0.1) is 0 Å². The summed E-state index contributed by atoms with van der Waals surface area (Å²) in [6.07, 6.45) is 5.77. The maximum atomic E-state index is 11.9. The van der Waals surface area contributed by atoms with E-state index in [0.29, 0.717) is 12.3 Å². The Morgan fingerprint density at radius 3 is 1.95 bits per heavy atom. The lowest BCUT2D eigenvalue weighted by Crippen LogP contribution is -2.48. The number of rotatable bonds is 7. The zero-order chi connectivity index (χ0) is 17.2. The van der Waals surface area contributed by atoms with Crippen LogP contribution in [0.1, 0.15) is 73.1 Å². The third kappa shape index (κ3) is 13.1. The summed E-state index contributed by atoms with van der Waals surface area (Å²) in [6.45, 7) is 15.7. The maximum absolute atomic E-state index is 11.9. The first-order valence-corrected chi connectivity index (χ1v) is 9.30. The second-order valence-corrected chi connectivity index (χ2v) is 5.46. The van der Waals surface area contributed by atoms with E-state index in [-0.39, 0.29) is 6.61 Å². The molecule has 1 rings (SSSR count). The summed E-state index contributed by atoms with van der Waals surface area (Å²) in [5.41, 5.74) is 0. The van der Waals surface area contributed by atoms with Crippen LogP contribution in [0.15, 0.2) is 0 Å². The summed E-state index contributed by atoms with van der Waals surface area (Å²) in [6, 6.07) is 0. The highest BCUT2D eigenvalue weighted by Crippen LogP contribution is 2.07. The first-order valence-electron chi connectivity index (χ1n) is 9.30. The molecule has 0 atom stereocenters. The van der Waals surface area contributed by atoms with E-state index in [1.54, 1.807) is 0 Å². The third-order valence-corrected chi connectivity index (χ3v) is 3.31. The number of carbonyl (C=O) groups excluding carboxylic acids is 1. The van der Waals surface area contributed by atoms with E-state index in [0.717, 1.165) is 52.0 Å². The minimum Gasteiger partial charge on any atom is -0.396 e. The summed E-state index contributed by atoms with van der Waals surface area (Å²) >= 11 is 0. The number of aliphatic hydroxyl groups is 1. The SMILES string of the molecule is CC.CCC.CCCN1CCN(C(=O)CCCCCO)CC1. The summed E-state index contributed by atoms with van der Waals surface area (Å²) in [5.74, 6) is 0.291. The van der Waals surface area contributed by atoms with Gasteiger partial charge in [-0.3, -0.25) is 9.69 Å². The minimum absolute atomic E-state index is 0.240. The number of aliphatic hydroxyl groups excluding tert-OH is 1. The molecule has 0 unspecified atom stereocenters. The van der Waals surface area contributed by atoms with Gasteiger partial charge in [0, 0.05) is 39.2 Å².